The maximum atomic E-state index is 11.1. The Hall–Kier alpha value is -1.38. The van der Waals surface area contributed by atoms with E-state index < -0.39 is 0 Å². The summed E-state index contributed by atoms with van der Waals surface area (Å²) in [5.41, 5.74) is 1.38. The van der Waals surface area contributed by atoms with Crippen molar-refractivity contribution in [3.63, 3.8) is 0 Å². The zero-order valence-corrected chi connectivity index (χ0v) is 9.20. The van der Waals surface area contributed by atoms with E-state index in [1.165, 1.54) is 0 Å². The summed E-state index contributed by atoms with van der Waals surface area (Å²) < 4.78 is 4.82. The zero-order chi connectivity index (χ0) is 11.0. The first kappa shape index (κ1) is 12.6. The molecule has 0 saturated carbocycles. The van der Waals surface area contributed by atoms with Gasteiger partial charge >= 0.3 is 5.97 Å². The molecule has 0 aliphatic carbocycles. The van der Waals surface area contributed by atoms with Crippen molar-refractivity contribution in [2.24, 2.45) is 0 Å². The minimum Gasteiger partial charge on any atom is -0.462 e. The fourth-order valence-corrected chi connectivity index (χ4v) is 0.887. The lowest BCUT2D eigenvalue weighted by Crippen LogP contribution is -2.04. The van der Waals surface area contributed by atoms with Crippen molar-refractivity contribution in [2.45, 2.75) is 27.7 Å². The highest BCUT2D eigenvalue weighted by Gasteiger charge is 2.04. The number of hydrogen-bond acceptors (Lipinski definition) is 3. The highest BCUT2D eigenvalue weighted by molar-refractivity contribution is 5.89. The van der Waals surface area contributed by atoms with Gasteiger partial charge in [0.05, 0.1) is 12.2 Å². The van der Waals surface area contributed by atoms with Crippen LogP contribution in [0.15, 0.2) is 18.3 Å². The predicted octanol–water partition coefficient (Wildman–Crippen LogP) is 2.59. The Morgan fingerprint density at radius 1 is 1.50 bits per heavy atom. The Morgan fingerprint density at radius 3 is 2.64 bits per heavy atom. The number of hydrogen-bond donors (Lipinski definition) is 0. The second-order valence-corrected chi connectivity index (χ2v) is 2.41. The van der Waals surface area contributed by atoms with Crippen LogP contribution in [0.2, 0.25) is 0 Å². The normalized spacial score (nSPS) is 8.57. The van der Waals surface area contributed by atoms with E-state index in [-0.39, 0.29) is 5.97 Å². The van der Waals surface area contributed by atoms with Gasteiger partial charge in [-0.05, 0) is 26.0 Å². The molecule has 0 atom stereocenters. The number of aryl methyl sites for hydroxylation is 1. The van der Waals surface area contributed by atoms with Crippen molar-refractivity contribution >= 4 is 5.97 Å². The second kappa shape index (κ2) is 7.06. The molecule has 0 N–H and O–H groups in total. The van der Waals surface area contributed by atoms with Crippen LogP contribution in [-0.4, -0.2) is 17.6 Å². The fraction of sp³-hybridized carbons (Fsp3) is 0.455. The molecular formula is C11H17NO2. The van der Waals surface area contributed by atoms with Gasteiger partial charge in [-0.25, -0.2) is 4.79 Å². The second-order valence-electron chi connectivity index (χ2n) is 2.41. The summed E-state index contributed by atoms with van der Waals surface area (Å²) in [5.74, 6) is -0.289. The van der Waals surface area contributed by atoms with Gasteiger partial charge in [-0.15, -0.1) is 0 Å². The third kappa shape index (κ3) is 4.03. The van der Waals surface area contributed by atoms with Gasteiger partial charge in [0.2, 0.25) is 0 Å². The van der Waals surface area contributed by atoms with E-state index in [0.717, 1.165) is 5.69 Å². The standard InChI is InChI=1S/C9H11NO2.C2H6/c1-3-12-9(11)8-4-5-10-7(2)6-8;1-2/h4-6H,3H2,1-2H3;1-2H3. The molecule has 0 aliphatic rings. The number of aromatic nitrogens is 1. The molecule has 3 heteroatoms. The van der Waals surface area contributed by atoms with Crippen molar-refractivity contribution in [3.8, 4) is 0 Å². The van der Waals surface area contributed by atoms with Crippen molar-refractivity contribution in [1.82, 2.24) is 4.98 Å². The quantitative estimate of drug-likeness (QED) is 0.681. The molecule has 0 aliphatic heterocycles. The topological polar surface area (TPSA) is 39.2 Å². The molecule has 0 fully saturated rings. The van der Waals surface area contributed by atoms with Crippen LogP contribution < -0.4 is 0 Å². The van der Waals surface area contributed by atoms with E-state index in [9.17, 15) is 4.79 Å². The molecule has 0 radical (unpaired) electrons. The van der Waals surface area contributed by atoms with E-state index >= 15 is 0 Å². The molecule has 0 spiro atoms. The summed E-state index contributed by atoms with van der Waals surface area (Å²) in [7, 11) is 0. The molecule has 0 unspecified atom stereocenters. The number of rotatable bonds is 2. The third-order valence-electron chi connectivity index (χ3n) is 1.41. The third-order valence-corrected chi connectivity index (χ3v) is 1.41. The molecule has 78 valence electrons. The number of ether oxygens (including phenoxy) is 1. The predicted molar refractivity (Wildman–Crippen MR) is 56.3 cm³/mol. The van der Waals surface area contributed by atoms with E-state index in [1.807, 2.05) is 20.8 Å². The van der Waals surface area contributed by atoms with Gasteiger partial charge < -0.3 is 4.74 Å². The average Bonchev–Trinajstić information content (AvgIpc) is 2.21. The summed E-state index contributed by atoms with van der Waals surface area (Å²) in [6, 6.07) is 3.35. The summed E-state index contributed by atoms with van der Waals surface area (Å²) in [5, 5.41) is 0. The van der Waals surface area contributed by atoms with Gasteiger partial charge in [0.1, 0.15) is 0 Å². The Morgan fingerprint density at radius 2 is 2.14 bits per heavy atom. The largest absolute Gasteiger partial charge is 0.462 e. The van der Waals surface area contributed by atoms with Crippen LogP contribution in [0.4, 0.5) is 0 Å². The van der Waals surface area contributed by atoms with Crippen molar-refractivity contribution in [3.05, 3.63) is 29.6 Å². The minimum absolute atomic E-state index is 0.289. The lowest BCUT2D eigenvalue weighted by Gasteiger charge is -2.00. The summed E-state index contributed by atoms with van der Waals surface area (Å²) in [6.07, 6.45) is 1.60. The van der Waals surface area contributed by atoms with Gasteiger partial charge in [-0.3, -0.25) is 4.98 Å². The lowest BCUT2D eigenvalue weighted by atomic mass is 10.2. The van der Waals surface area contributed by atoms with Crippen LogP contribution in [-0.2, 0) is 4.74 Å². The van der Waals surface area contributed by atoms with E-state index in [4.69, 9.17) is 4.74 Å². The smallest absolute Gasteiger partial charge is 0.338 e. The number of pyridine rings is 1. The van der Waals surface area contributed by atoms with Crippen LogP contribution in [0.1, 0.15) is 36.8 Å². The molecule has 0 saturated heterocycles. The first-order chi connectivity index (χ1) is 6.74. The number of nitrogens with zero attached hydrogens (tertiary/aromatic N) is 1. The maximum absolute atomic E-state index is 11.1. The zero-order valence-electron chi connectivity index (χ0n) is 9.20. The summed E-state index contributed by atoms with van der Waals surface area (Å²) in [4.78, 5) is 15.1. The van der Waals surface area contributed by atoms with Gasteiger partial charge in [-0.1, -0.05) is 13.8 Å². The van der Waals surface area contributed by atoms with Gasteiger partial charge in [0, 0.05) is 11.9 Å². The van der Waals surface area contributed by atoms with Gasteiger partial charge in [-0.2, -0.15) is 0 Å². The Balaban J connectivity index is 0.000000791. The monoisotopic (exact) mass is 195 g/mol. The fourth-order valence-electron chi connectivity index (χ4n) is 0.887. The Kier molecular flexibility index (Phi) is 6.37. The maximum Gasteiger partial charge on any atom is 0.338 e. The Labute approximate surface area is 85.1 Å². The molecule has 0 bridgehead atoms. The number of carbonyl (C=O) groups is 1. The van der Waals surface area contributed by atoms with E-state index in [2.05, 4.69) is 4.98 Å². The first-order valence-electron chi connectivity index (χ1n) is 4.84. The number of esters is 1. The summed E-state index contributed by atoms with van der Waals surface area (Å²) >= 11 is 0. The van der Waals surface area contributed by atoms with Crippen LogP contribution in [0, 0.1) is 6.92 Å². The number of carbonyl (C=O) groups excluding carboxylic acids is 1. The van der Waals surface area contributed by atoms with Crippen LogP contribution in [0.3, 0.4) is 0 Å². The molecule has 1 rings (SSSR count). The van der Waals surface area contributed by atoms with Crippen molar-refractivity contribution in [1.29, 1.82) is 0 Å². The van der Waals surface area contributed by atoms with Crippen molar-refractivity contribution in [2.75, 3.05) is 6.61 Å². The molecule has 0 amide bonds. The highest BCUT2D eigenvalue weighted by atomic mass is 16.5. The molecule has 0 aromatic carbocycles. The molecule has 1 aromatic rings. The lowest BCUT2D eigenvalue weighted by molar-refractivity contribution is 0.0526. The molecular weight excluding hydrogens is 178 g/mol. The van der Waals surface area contributed by atoms with Gasteiger partial charge in [0.15, 0.2) is 0 Å². The first-order valence-corrected chi connectivity index (χ1v) is 4.84. The van der Waals surface area contributed by atoms with Crippen LogP contribution in [0.5, 0.6) is 0 Å². The van der Waals surface area contributed by atoms with Crippen molar-refractivity contribution < 1.29 is 9.53 Å². The van der Waals surface area contributed by atoms with E-state index in [0.29, 0.717) is 12.2 Å². The van der Waals surface area contributed by atoms with E-state index in [1.54, 1.807) is 25.3 Å². The SMILES string of the molecule is CC.CCOC(=O)c1ccnc(C)c1. The van der Waals surface area contributed by atoms with Crippen LogP contribution >= 0.6 is 0 Å². The molecule has 3 nitrogen and oxygen atoms in total. The minimum atomic E-state index is -0.289. The van der Waals surface area contributed by atoms with Crippen LogP contribution in [0.25, 0.3) is 0 Å². The average molecular weight is 195 g/mol. The molecule has 14 heavy (non-hydrogen) atoms. The summed E-state index contributed by atoms with van der Waals surface area (Å²) in [6.45, 7) is 8.02. The highest BCUT2D eigenvalue weighted by Crippen LogP contribution is 2.02. The molecule has 1 aromatic heterocycles. The Bertz CT molecular complexity index is 284. The van der Waals surface area contributed by atoms with Gasteiger partial charge in [0.25, 0.3) is 0 Å². The molecule has 1 heterocycles.